The first kappa shape index (κ1) is 18.2. The Morgan fingerprint density at radius 1 is 1.12 bits per heavy atom. The molecule has 0 N–H and O–H groups in total. The Labute approximate surface area is 146 Å². The number of aryl methyl sites for hydroxylation is 1. The standard InChI is InChI=1S/C20H19NO4/c1-3-15-8-10-16(11-9-15)20(23)14(2)25-19(22)13-24-18-7-5-4-6-17(18)12-21/h4-11,14H,3,13H2,1-2H3/t14-/m0/s1. The number of ketones is 1. The van der Waals surface area contributed by atoms with Crippen molar-refractivity contribution in [2.24, 2.45) is 0 Å². The van der Waals surface area contributed by atoms with Crippen LogP contribution in [0.2, 0.25) is 0 Å². The molecule has 128 valence electrons. The molecule has 25 heavy (non-hydrogen) atoms. The Balaban J connectivity index is 1.90. The van der Waals surface area contributed by atoms with Gasteiger partial charge >= 0.3 is 5.97 Å². The van der Waals surface area contributed by atoms with Gasteiger partial charge in [-0.2, -0.15) is 5.26 Å². The van der Waals surface area contributed by atoms with Crippen molar-refractivity contribution in [3.8, 4) is 11.8 Å². The highest BCUT2D eigenvalue weighted by molar-refractivity contribution is 6.00. The Bertz CT molecular complexity index is 790. The number of rotatable bonds is 7. The predicted molar refractivity (Wildman–Crippen MR) is 92.4 cm³/mol. The van der Waals surface area contributed by atoms with Gasteiger partial charge in [-0.3, -0.25) is 4.79 Å². The van der Waals surface area contributed by atoms with E-state index in [1.807, 2.05) is 25.1 Å². The lowest BCUT2D eigenvalue weighted by Gasteiger charge is -2.13. The first-order chi connectivity index (χ1) is 12.0. The van der Waals surface area contributed by atoms with Gasteiger partial charge in [-0.15, -0.1) is 0 Å². The third kappa shape index (κ3) is 4.92. The second-order valence-electron chi connectivity index (χ2n) is 5.44. The molecule has 2 aromatic carbocycles. The van der Waals surface area contributed by atoms with E-state index in [2.05, 4.69) is 0 Å². The van der Waals surface area contributed by atoms with Gasteiger partial charge in [0.15, 0.2) is 12.7 Å². The van der Waals surface area contributed by atoms with E-state index in [0.29, 0.717) is 16.9 Å². The van der Waals surface area contributed by atoms with Crippen molar-refractivity contribution in [1.82, 2.24) is 0 Å². The summed E-state index contributed by atoms with van der Waals surface area (Å²) in [6.07, 6.45) is -0.0182. The third-order valence-corrected chi connectivity index (χ3v) is 3.68. The quantitative estimate of drug-likeness (QED) is 0.572. The van der Waals surface area contributed by atoms with Crippen LogP contribution in [-0.2, 0) is 16.0 Å². The number of hydrogen-bond acceptors (Lipinski definition) is 5. The predicted octanol–water partition coefficient (Wildman–Crippen LogP) is 3.31. The fourth-order valence-electron chi connectivity index (χ4n) is 2.25. The molecule has 0 aliphatic heterocycles. The molecule has 1 atom stereocenters. The van der Waals surface area contributed by atoms with Gasteiger partial charge in [-0.05, 0) is 31.0 Å². The molecule has 5 nitrogen and oxygen atoms in total. The van der Waals surface area contributed by atoms with Gasteiger partial charge in [0, 0.05) is 5.56 Å². The maximum Gasteiger partial charge on any atom is 0.344 e. The minimum Gasteiger partial charge on any atom is -0.481 e. The van der Waals surface area contributed by atoms with Crippen LogP contribution in [0.1, 0.15) is 35.3 Å². The average molecular weight is 337 g/mol. The summed E-state index contributed by atoms with van der Waals surface area (Å²) in [6, 6.07) is 15.8. The molecule has 0 aromatic heterocycles. The zero-order valence-electron chi connectivity index (χ0n) is 14.2. The van der Waals surface area contributed by atoms with Crippen LogP contribution in [0.5, 0.6) is 5.75 Å². The minimum absolute atomic E-state index is 0.270. The van der Waals surface area contributed by atoms with Gasteiger partial charge in [0.1, 0.15) is 11.8 Å². The topological polar surface area (TPSA) is 76.4 Å². The van der Waals surface area contributed by atoms with Gasteiger partial charge < -0.3 is 9.47 Å². The largest absolute Gasteiger partial charge is 0.481 e. The normalized spacial score (nSPS) is 11.2. The van der Waals surface area contributed by atoms with Crippen molar-refractivity contribution in [2.75, 3.05) is 6.61 Å². The van der Waals surface area contributed by atoms with E-state index >= 15 is 0 Å². The molecule has 0 unspecified atom stereocenters. The first-order valence-electron chi connectivity index (χ1n) is 7.99. The summed E-state index contributed by atoms with van der Waals surface area (Å²) < 4.78 is 10.4. The average Bonchev–Trinajstić information content (AvgIpc) is 2.66. The van der Waals surface area contributed by atoms with Gasteiger partial charge in [0.25, 0.3) is 0 Å². The number of nitrogens with zero attached hydrogens (tertiary/aromatic N) is 1. The Hall–Kier alpha value is -3.13. The highest BCUT2D eigenvalue weighted by atomic mass is 16.6. The third-order valence-electron chi connectivity index (χ3n) is 3.68. The highest BCUT2D eigenvalue weighted by Gasteiger charge is 2.20. The smallest absolute Gasteiger partial charge is 0.344 e. The van der Waals surface area contributed by atoms with Crippen LogP contribution in [0.25, 0.3) is 0 Å². The molecule has 0 aliphatic rings. The molecule has 0 heterocycles. The van der Waals surface area contributed by atoms with Crippen LogP contribution in [0.3, 0.4) is 0 Å². The molecule has 0 spiro atoms. The Morgan fingerprint density at radius 3 is 2.44 bits per heavy atom. The molecular weight excluding hydrogens is 318 g/mol. The van der Waals surface area contributed by atoms with Crippen LogP contribution in [0.4, 0.5) is 0 Å². The number of carbonyl (C=O) groups is 2. The monoisotopic (exact) mass is 337 g/mol. The van der Waals surface area contributed by atoms with Gasteiger partial charge in [0.2, 0.25) is 5.78 Å². The van der Waals surface area contributed by atoms with Crippen LogP contribution >= 0.6 is 0 Å². The Morgan fingerprint density at radius 2 is 1.80 bits per heavy atom. The number of carbonyl (C=O) groups excluding carboxylic acids is 2. The first-order valence-corrected chi connectivity index (χ1v) is 7.99. The van der Waals surface area contributed by atoms with Crippen LogP contribution in [0, 0.1) is 11.3 Å². The SMILES string of the molecule is CCc1ccc(C(=O)[C@H](C)OC(=O)COc2ccccc2C#N)cc1. The summed E-state index contributed by atoms with van der Waals surface area (Å²) >= 11 is 0. The second-order valence-corrected chi connectivity index (χ2v) is 5.44. The van der Waals surface area contributed by atoms with E-state index in [1.165, 1.54) is 6.92 Å². The summed E-state index contributed by atoms with van der Waals surface area (Å²) in [6.45, 7) is 3.19. The number of hydrogen-bond donors (Lipinski definition) is 0. The molecule has 0 amide bonds. The van der Waals surface area contributed by atoms with Crippen molar-refractivity contribution in [1.29, 1.82) is 5.26 Å². The summed E-state index contributed by atoms with van der Waals surface area (Å²) in [4.78, 5) is 24.2. The lowest BCUT2D eigenvalue weighted by Crippen LogP contribution is -2.27. The molecule has 2 rings (SSSR count). The van der Waals surface area contributed by atoms with E-state index in [1.54, 1.807) is 36.4 Å². The molecule has 0 saturated carbocycles. The summed E-state index contributed by atoms with van der Waals surface area (Å²) in [5.74, 6) is -0.636. The van der Waals surface area contributed by atoms with E-state index in [-0.39, 0.29) is 12.4 Å². The summed E-state index contributed by atoms with van der Waals surface area (Å²) in [7, 11) is 0. The lowest BCUT2D eigenvalue weighted by molar-refractivity contribution is -0.148. The summed E-state index contributed by atoms with van der Waals surface area (Å²) in [5.41, 5.74) is 1.95. The second kappa shape index (κ2) is 8.65. The molecular formula is C20H19NO4. The van der Waals surface area contributed by atoms with Gasteiger partial charge in [0.05, 0.1) is 5.56 Å². The van der Waals surface area contributed by atoms with Crippen molar-refractivity contribution < 1.29 is 19.1 Å². The van der Waals surface area contributed by atoms with Crippen molar-refractivity contribution >= 4 is 11.8 Å². The molecule has 0 aliphatic carbocycles. The maximum atomic E-state index is 12.3. The summed E-state index contributed by atoms with van der Waals surface area (Å²) in [5, 5.41) is 8.97. The number of Topliss-reactive ketones (excluding diaryl/α,β-unsaturated/α-hetero) is 1. The van der Waals surface area contributed by atoms with E-state index in [9.17, 15) is 9.59 Å². The highest BCUT2D eigenvalue weighted by Crippen LogP contribution is 2.16. The number of para-hydroxylation sites is 1. The minimum atomic E-state index is -0.908. The van der Waals surface area contributed by atoms with Crippen LogP contribution in [0.15, 0.2) is 48.5 Å². The molecule has 0 fully saturated rings. The maximum absolute atomic E-state index is 12.3. The van der Waals surface area contributed by atoms with Gasteiger partial charge in [-0.1, -0.05) is 43.3 Å². The van der Waals surface area contributed by atoms with Crippen molar-refractivity contribution in [3.05, 3.63) is 65.2 Å². The fraction of sp³-hybridized carbons (Fsp3) is 0.250. The zero-order valence-corrected chi connectivity index (χ0v) is 14.2. The zero-order chi connectivity index (χ0) is 18.2. The number of benzene rings is 2. The van der Waals surface area contributed by atoms with Crippen molar-refractivity contribution in [2.45, 2.75) is 26.4 Å². The molecule has 0 radical (unpaired) electrons. The lowest BCUT2D eigenvalue weighted by atomic mass is 10.0. The van der Waals surface area contributed by atoms with Crippen LogP contribution in [-0.4, -0.2) is 24.5 Å². The Kier molecular flexibility index (Phi) is 6.30. The van der Waals surface area contributed by atoms with E-state index < -0.39 is 12.1 Å². The number of esters is 1. The van der Waals surface area contributed by atoms with E-state index in [0.717, 1.165) is 12.0 Å². The molecule has 2 aromatic rings. The molecule has 0 saturated heterocycles. The van der Waals surface area contributed by atoms with Gasteiger partial charge in [-0.25, -0.2) is 4.79 Å². The van der Waals surface area contributed by atoms with E-state index in [4.69, 9.17) is 14.7 Å². The van der Waals surface area contributed by atoms with Crippen molar-refractivity contribution in [3.63, 3.8) is 0 Å². The van der Waals surface area contributed by atoms with Crippen LogP contribution < -0.4 is 4.74 Å². The fourth-order valence-corrected chi connectivity index (χ4v) is 2.25. The molecule has 5 heteroatoms. The number of ether oxygens (including phenoxy) is 2. The molecule has 0 bridgehead atoms. The number of nitriles is 1.